The van der Waals surface area contributed by atoms with Gasteiger partial charge in [-0.05, 0) is 43.4 Å². The van der Waals surface area contributed by atoms with Crippen molar-refractivity contribution in [1.82, 2.24) is 9.80 Å². The van der Waals surface area contributed by atoms with E-state index in [0.717, 1.165) is 45.9 Å². The topological polar surface area (TPSA) is 58.8 Å². The molecule has 5 nitrogen and oxygen atoms in total. The molecule has 4 fully saturated rings. The molecule has 5 unspecified atom stereocenters. The summed E-state index contributed by atoms with van der Waals surface area (Å²) in [5.74, 6) is 2.35. The van der Waals surface area contributed by atoms with Crippen LogP contribution in [0.1, 0.15) is 25.7 Å². The second-order valence-corrected chi connectivity index (χ2v) is 7.79. The second kappa shape index (κ2) is 6.10. The van der Waals surface area contributed by atoms with Gasteiger partial charge in [-0.25, -0.2) is 0 Å². The molecule has 5 heteroatoms. The third-order valence-electron chi connectivity index (χ3n) is 6.49. The largest absolute Gasteiger partial charge is 0.381 e. The van der Waals surface area contributed by atoms with Gasteiger partial charge < -0.3 is 15.4 Å². The van der Waals surface area contributed by atoms with Gasteiger partial charge in [0.2, 0.25) is 5.91 Å². The molecular weight excluding hydrogens is 278 g/mol. The molecule has 0 aromatic carbocycles. The van der Waals surface area contributed by atoms with Gasteiger partial charge in [0.05, 0.1) is 12.5 Å². The van der Waals surface area contributed by atoms with E-state index in [9.17, 15) is 4.79 Å². The van der Waals surface area contributed by atoms with Crippen LogP contribution in [-0.4, -0.2) is 67.7 Å². The Morgan fingerprint density at radius 3 is 2.50 bits per heavy atom. The average Bonchev–Trinajstić information content (AvgIpc) is 3.24. The number of carbonyl (C=O) groups is 1. The predicted molar refractivity (Wildman–Crippen MR) is 84.2 cm³/mol. The Labute approximate surface area is 133 Å². The summed E-state index contributed by atoms with van der Waals surface area (Å²) in [4.78, 5) is 17.5. The van der Waals surface area contributed by atoms with Gasteiger partial charge in [-0.2, -0.15) is 0 Å². The molecule has 0 aromatic rings. The maximum Gasteiger partial charge on any atom is 0.227 e. The lowest BCUT2D eigenvalue weighted by molar-refractivity contribution is -0.139. The van der Waals surface area contributed by atoms with Crippen LogP contribution in [0.2, 0.25) is 0 Å². The fourth-order valence-electron chi connectivity index (χ4n) is 5.16. The van der Waals surface area contributed by atoms with Crippen molar-refractivity contribution in [2.75, 3.05) is 45.9 Å². The summed E-state index contributed by atoms with van der Waals surface area (Å²) in [5.41, 5.74) is 6.34. The molecule has 124 valence electrons. The maximum atomic E-state index is 12.9. The van der Waals surface area contributed by atoms with E-state index in [4.69, 9.17) is 10.5 Å². The molecule has 2 saturated heterocycles. The summed E-state index contributed by atoms with van der Waals surface area (Å²) in [7, 11) is 0. The summed E-state index contributed by atoms with van der Waals surface area (Å²) >= 11 is 0. The summed E-state index contributed by atoms with van der Waals surface area (Å²) < 4.78 is 5.46. The second-order valence-electron chi connectivity index (χ2n) is 7.79. The van der Waals surface area contributed by atoms with Crippen molar-refractivity contribution in [2.45, 2.75) is 31.7 Å². The Bertz CT molecular complexity index is 414. The zero-order chi connectivity index (χ0) is 15.1. The minimum atomic E-state index is 0.119. The highest BCUT2D eigenvalue weighted by molar-refractivity contribution is 5.80. The maximum absolute atomic E-state index is 12.9. The van der Waals surface area contributed by atoms with Crippen LogP contribution in [0.3, 0.4) is 0 Å². The average molecular weight is 307 g/mol. The summed E-state index contributed by atoms with van der Waals surface area (Å²) in [6.45, 7) is 6.76. The molecule has 0 radical (unpaired) electrons. The van der Waals surface area contributed by atoms with Crippen LogP contribution < -0.4 is 5.73 Å². The van der Waals surface area contributed by atoms with Gasteiger partial charge >= 0.3 is 0 Å². The molecule has 5 atom stereocenters. The van der Waals surface area contributed by atoms with Crippen molar-refractivity contribution in [2.24, 2.45) is 29.4 Å². The van der Waals surface area contributed by atoms with Gasteiger partial charge in [-0.1, -0.05) is 0 Å². The molecule has 4 aliphatic rings. The summed E-state index contributed by atoms with van der Waals surface area (Å²) in [5, 5.41) is 0. The van der Waals surface area contributed by atoms with E-state index in [1.165, 1.54) is 25.7 Å². The van der Waals surface area contributed by atoms with E-state index in [0.29, 0.717) is 23.7 Å². The third kappa shape index (κ3) is 2.68. The summed E-state index contributed by atoms with van der Waals surface area (Å²) in [6, 6.07) is 0.125. The summed E-state index contributed by atoms with van der Waals surface area (Å²) in [6.07, 6.45) is 4.85. The van der Waals surface area contributed by atoms with Crippen molar-refractivity contribution in [1.29, 1.82) is 0 Å². The van der Waals surface area contributed by atoms with Crippen molar-refractivity contribution in [3.63, 3.8) is 0 Å². The highest BCUT2D eigenvalue weighted by Crippen LogP contribution is 2.48. The first-order valence-corrected chi connectivity index (χ1v) is 9.07. The van der Waals surface area contributed by atoms with Gasteiger partial charge in [0.25, 0.3) is 0 Å². The van der Waals surface area contributed by atoms with Crippen LogP contribution in [0.15, 0.2) is 0 Å². The quantitative estimate of drug-likeness (QED) is 0.827. The first kappa shape index (κ1) is 14.9. The molecule has 0 aromatic heterocycles. The SMILES string of the molecule is NC1C2CCC(C2)C1C(=O)N1CCN(CC2CCOC2)CC1. The highest BCUT2D eigenvalue weighted by atomic mass is 16.5. The number of amides is 1. The van der Waals surface area contributed by atoms with Gasteiger partial charge in [-0.15, -0.1) is 0 Å². The van der Waals surface area contributed by atoms with Crippen LogP contribution >= 0.6 is 0 Å². The molecule has 2 aliphatic heterocycles. The lowest BCUT2D eigenvalue weighted by Gasteiger charge is -2.39. The number of fused-ring (bicyclic) bond motifs is 2. The van der Waals surface area contributed by atoms with Crippen LogP contribution in [0.5, 0.6) is 0 Å². The molecule has 2 heterocycles. The van der Waals surface area contributed by atoms with Crippen LogP contribution in [0.4, 0.5) is 0 Å². The number of nitrogens with two attached hydrogens (primary N) is 1. The zero-order valence-corrected chi connectivity index (χ0v) is 13.5. The smallest absolute Gasteiger partial charge is 0.227 e. The standard InChI is InChI=1S/C17H29N3O2/c18-16-14-2-1-13(9-14)15(16)17(21)20-6-4-19(5-7-20)10-12-3-8-22-11-12/h12-16H,1-11,18H2. The predicted octanol–water partition coefficient (Wildman–Crippen LogP) is 0.541. The number of hydrogen-bond acceptors (Lipinski definition) is 4. The Morgan fingerprint density at radius 1 is 1.09 bits per heavy atom. The molecule has 1 amide bonds. The van der Waals surface area contributed by atoms with E-state index < -0.39 is 0 Å². The van der Waals surface area contributed by atoms with Crippen LogP contribution in [0.25, 0.3) is 0 Å². The molecule has 4 rings (SSSR count). The van der Waals surface area contributed by atoms with E-state index >= 15 is 0 Å². The first-order valence-electron chi connectivity index (χ1n) is 9.07. The normalized spacial score (nSPS) is 42.2. The number of hydrogen-bond donors (Lipinski definition) is 1. The molecule has 2 saturated carbocycles. The molecule has 2 N–H and O–H groups in total. The molecular formula is C17H29N3O2. The van der Waals surface area contributed by atoms with Gasteiger partial charge in [-0.3, -0.25) is 9.69 Å². The molecule has 2 bridgehead atoms. The van der Waals surface area contributed by atoms with Crippen LogP contribution in [-0.2, 0) is 9.53 Å². The first-order chi connectivity index (χ1) is 10.7. The number of nitrogens with zero attached hydrogens (tertiary/aromatic N) is 2. The minimum Gasteiger partial charge on any atom is -0.381 e. The fraction of sp³-hybridized carbons (Fsp3) is 0.941. The molecule has 0 spiro atoms. The highest BCUT2D eigenvalue weighted by Gasteiger charge is 2.50. The molecule has 22 heavy (non-hydrogen) atoms. The van der Waals surface area contributed by atoms with Gasteiger partial charge in [0.15, 0.2) is 0 Å². The third-order valence-corrected chi connectivity index (χ3v) is 6.49. The number of piperazine rings is 1. The van der Waals surface area contributed by atoms with Crippen LogP contribution in [0, 0.1) is 23.7 Å². The van der Waals surface area contributed by atoms with Gasteiger partial charge in [0.1, 0.15) is 0 Å². The number of ether oxygens (including phenoxy) is 1. The lowest BCUT2D eigenvalue weighted by atomic mass is 9.84. The van der Waals surface area contributed by atoms with E-state index in [-0.39, 0.29) is 12.0 Å². The fourth-order valence-corrected chi connectivity index (χ4v) is 5.16. The van der Waals surface area contributed by atoms with Gasteiger partial charge in [0, 0.05) is 45.4 Å². The lowest BCUT2D eigenvalue weighted by Crippen LogP contribution is -2.54. The van der Waals surface area contributed by atoms with Crippen molar-refractivity contribution >= 4 is 5.91 Å². The Hall–Kier alpha value is -0.650. The Balaban J connectivity index is 1.29. The van der Waals surface area contributed by atoms with Crippen molar-refractivity contribution in [3.05, 3.63) is 0 Å². The van der Waals surface area contributed by atoms with E-state index in [1.807, 2.05) is 0 Å². The number of rotatable bonds is 3. The molecule has 2 aliphatic carbocycles. The van der Waals surface area contributed by atoms with Crippen molar-refractivity contribution < 1.29 is 9.53 Å². The van der Waals surface area contributed by atoms with E-state index in [2.05, 4.69) is 9.80 Å². The monoisotopic (exact) mass is 307 g/mol. The zero-order valence-electron chi connectivity index (χ0n) is 13.5. The van der Waals surface area contributed by atoms with Crippen molar-refractivity contribution in [3.8, 4) is 0 Å². The number of carbonyl (C=O) groups excluding carboxylic acids is 1. The van der Waals surface area contributed by atoms with E-state index in [1.54, 1.807) is 0 Å². The Morgan fingerprint density at radius 2 is 1.86 bits per heavy atom. The Kier molecular flexibility index (Phi) is 4.13. The minimum absolute atomic E-state index is 0.119.